The van der Waals surface area contributed by atoms with Crippen molar-refractivity contribution in [2.24, 2.45) is 0 Å². The molecule has 1 aliphatic carbocycles. The Bertz CT molecular complexity index is 566. The summed E-state index contributed by atoms with van der Waals surface area (Å²) in [5, 5.41) is 4.92. The summed E-state index contributed by atoms with van der Waals surface area (Å²) in [5.74, 6) is 0. The minimum Gasteiger partial charge on any atom is -0.358 e. The van der Waals surface area contributed by atoms with Crippen LogP contribution in [0.3, 0.4) is 0 Å². The molecule has 0 saturated heterocycles. The second-order valence-corrected chi connectivity index (χ2v) is 5.20. The molecule has 17 heavy (non-hydrogen) atoms. The standard InChI is InChI=1S/C15H20N2/c1-9-7-8-10(2)15-13(9)14-11(16-3)5-4-6-12(14)17-15/h7-8,11,16-17H,4-6H2,1-3H3. The van der Waals surface area contributed by atoms with Crippen molar-refractivity contribution in [3.05, 3.63) is 34.5 Å². The molecule has 3 rings (SSSR count). The highest BCUT2D eigenvalue weighted by Crippen LogP contribution is 2.37. The van der Waals surface area contributed by atoms with Crippen LogP contribution in [0.1, 0.15) is 41.3 Å². The van der Waals surface area contributed by atoms with E-state index in [1.165, 1.54) is 52.5 Å². The Kier molecular flexibility index (Phi) is 2.48. The lowest BCUT2D eigenvalue weighted by molar-refractivity contribution is 0.497. The normalized spacial score (nSPS) is 19.6. The minimum atomic E-state index is 0.521. The number of hydrogen-bond acceptors (Lipinski definition) is 1. The second-order valence-electron chi connectivity index (χ2n) is 5.20. The summed E-state index contributed by atoms with van der Waals surface area (Å²) >= 11 is 0. The van der Waals surface area contributed by atoms with E-state index < -0.39 is 0 Å². The van der Waals surface area contributed by atoms with Crippen molar-refractivity contribution >= 4 is 10.9 Å². The molecule has 1 unspecified atom stereocenters. The van der Waals surface area contributed by atoms with Gasteiger partial charge in [-0.15, -0.1) is 0 Å². The second kappa shape index (κ2) is 3.88. The van der Waals surface area contributed by atoms with Gasteiger partial charge in [-0.3, -0.25) is 0 Å². The number of H-pyrrole nitrogens is 1. The maximum atomic E-state index is 3.65. The van der Waals surface area contributed by atoms with Crippen molar-refractivity contribution < 1.29 is 0 Å². The molecule has 1 atom stereocenters. The Morgan fingerprint density at radius 3 is 2.76 bits per heavy atom. The zero-order valence-corrected chi connectivity index (χ0v) is 10.9. The fourth-order valence-corrected chi connectivity index (χ4v) is 3.19. The van der Waals surface area contributed by atoms with Gasteiger partial charge in [0.1, 0.15) is 0 Å². The quantitative estimate of drug-likeness (QED) is 0.769. The zero-order chi connectivity index (χ0) is 12.0. The molecular formula is C15H20N2. The first-order valence-electron chi connectivity index (χ1n) is 6.50. The van der Waals surface area contributed by atoms with Gasteiger partial charge in [-0.05, 0) is 56.8 Å². The van der Waals surface area contributed by atoms with Crippen LogP contribution >= 0.6 is 0 Å². The van der Waals surface area contributed by atoms with Gasteiger partial charge in [0.05, 0.1) is 0 Å². The number of rotatable bonds is 1. The lowest BCUT2D eigenvalue weighted by Gasteiger charge is -2.22. The van der Waals surface area contributed by atoms with Crippen molar-refractivity contribution in [2.45, 2.75) is 39.2 Å². The highest BCUT2D eigenvalue weighted by Gasteiger charge is 2.24. The molecule has 0 aliphatic heterocycles. The molecule has 2 aromatic rings. The number of aryl methyl sites for hydroxylation is 3. The van der Waals surface area contributed by atoms with Gasteiger partial charge in [0.15, 0.2) is 0 Å². The van der Waals surface area contributed by atoms with Crippen molar-refractivity contribution in [2.75, 3.05) is 7.05 Å². The summed E-state index contributed by atoms with van der Waals surface area (Å²) in [6.07, 6.45) is 3.73. The number of aromatic nitrogens is 1. The van der Waals surface area contributed by atoms with E-state index in [1.54, 1.807) is 0 Å². The van der Waals surface area contributed by atoms with Crippen molar-refractivity contribution in [1.29, 1.82) is 0 Å². The molecule has 1 aliphatic rings. The maximum absolute atomic E-state index is 3.65. The van der Waals surface area contributed by atoms with Crippen LogP contribution < -0.4 is 5.32 Å². The molecule has 90 valence electrons. The fraction of sp³-hybridized carbons (Fsp3) is 0.467. The number of benzene rings is 1. The first kappa shape index (κ1) is 10.8. The van der Waals surface area contributed by atoms with Gasteiger partial charge in [-0.2, -0.15) is 0 Å². The van der Waals surface area contributed by atoms with E-state index in [2.05, 4.69) is 43.3 Å². The monoisotopic (exact) mass is 228 g/mol. The Hall–Kier alpha value is -1.28. The van der Waals surface area contributed by atoms with Gasteiger partial charge in [-0.1, -0.05) is 12.1 Å². The summed E-state index contributed by atoms with van der Waals surface area (Å²) in [5.41, 5.74) is 7.07. The Morgan fingerprint density at radius 2 is 2.00 bits per heavy atom. The van der Waals surface area contributed by atoms with Crippen LogP contribution in [0.5, 0.6) is 0 Å². The van der Waals surface area contributed by atoms with Crippen LogP contribution in [0, 0.1) is 13.8 Å². The van der Waals surface area contributed by atoms with E-state index in [4.69, 9.17) is 0 Å². The molecule has 0 bridgehead atoms. The van der Waals surface area contributed by atoms with Gasteiger partial charge < -0.3 is 10.3 Å². The predicted molar refractivity (Wildman–Crippen MR) is 72.5 cm³/mol. The molecule has 2 N–H and O–H groups in total. The molecule has 2 heteroatoms. The number of nitrogens with one attached hydrogen (secondary N) is 2. The zero-order valence-electron chi connectivity index (χ0n) is 10.9. The van der Waals surface area contributed by atoms with Crippen LogP contribution in [0.4, 0.5) is 0 Å². The van der Waals surface area contributed by atoms with Crippen molar-refractivity contribution in [3.63, 3.8) is 0 Å². The van der Waals surface area contributed by atoms with Gasteiger partial charge in [0, 0.05) is 22.6 Å². The van der Waals surface area contributed by atoms with Crippen LogP contribution in [-0.4, -0.2) is 12.0 Å². The van der Waals surface area contributed by atoms with Crippen LogP contribution in [0.2, 0.25) is 0 Å². The van der Waals surface area contributed by atoms with E-state index in [0.717, 1.165) is 0 Å². The Labute approximate surface area is 102 Å². The van der Waals surface area contributed by atoms with E-state index in [1.807, 2.05) is 0 Å². The summed E-state index contributed by atoms with van der Waals surface area (Å²) in [6.45, 7) is 4.41. The molecule has 0 radical (unpaired) electrons. The third-order valence-electron chi connectivity index (χ3n) is 4.11. The lowest BCUT2D eigenvalue weighted by Crippen LogP contribution is -2.21. The van der Waals surface area contributed by atoms with E-state index in [9.17, 15) is 0 Å². The highest BCUT2D eigenvalue weighted by molar-refractivity contribution is 5.90. The van der Waals surface area contributed by atoms with E-state index in [0.29, 0.717) is 6.04 Å². The third-order valence-corrected chi connectivity index (χ3v) is 4.11. The molecule has 0 saturated carbocycles. The highest BCUT2D eigenvalue weighted by atomic mass is 14.9. The third kappa shape index (κ3) is 1.51. The number of fused-ring (bicyclic) bond motifs is 3. The topological polar surface area (TPSA) is 27.8 Å². The lowest BCUT2D eigenvalue weighted by atomic mass is 9.89. The molecule has 0 fully saturated rings. The first-order valence-corrected chi connectivity index (χ1v) is 6.50. The largest absolute Gasteiger partial charge is 0.358 e. The van der Waals surface area contributed by atoms with Crippen molar-refractivity contribution in [1.82, 2.24) is 10.3 Å². The van der Waals surface area contributed by atoms with Crippen LogP contribution in [-0.2, 0) is 6.42 Å². The van der Waals surface area contributed by atoms with Gasteiger partial charge in [0.25, 0.3) is 0 Å². The van der Waals surface area contributed by atoms with Gasteiger partial charge in [-0.25, -0.2) is 0 Å². The SMILES string of the molecule is CNC1CCCc2[nH]c3c(C)ccc(C)c3c21. The summed E-state index contributed by atoms with van der Waals surface area (Å²) < 4.78 is 0. The number of aromatic amines is 1. The predicted octanol–water partition coefficient (Wildman–Crippen LogP) is 3.38. The Morgan fingerprint density at radius 1 is 1.24 bits per heavy atom. The number of hydrogen-bond donors (Lipinski definition) is 2. The Balaban J connectivity index is 2.36. The van der Waals surface area contributed by atoms with Gasteiger partial charge >= 0.3 is 0 Å². The summed E-state index contributed by atoms with van der Waals surface area (Å²) in [4.78, 5) is 3.65. The average molecular weight is 228 g/mol. The van der Waals surface area contributed by atoms with Crippen molar-refractivity contribution in [3.8, 4) is 0 Å². The van der Waals surface area contributed by atoms with E-state index >= 15 is 0 Å². The minimum absolute atomic E-state index is 0.521. The van der Waals surface area contributed by atoms with E-state index in [-0.39, 0.29) is 0 Å². The van der Waals surface area contributed by atoms with Crippen LogP contribution in [0.15, 0.2) is 12.1 Å². The molecule has 2 nitrogen and oxygen atoms in total. The molecule has 0 amide bonds. The molecule has 0 spiro atoms. The molecule has 1 aromatic carbocycles. The molecule has 1 heterocycles. The molecular weight excluding hydrogens is 208 g/mol. The maximum Gasteiger partial charge on any atom is 0.0491 e. The average Bonchev–Trinajstić information content (AvgIpc) is 2.74. The summed E-state index contributed by atoms with van der Waals surface area (Å²) in [6, 6.07) is 4.98. The first-order chi connectivity index (χ1) is 8.22. The summed E-state index contributed by atoms with van der Waals surface area (Å²) in [7, 11) is 2.07. The molecule has 1 aromatic heterocycles. The van der Waals surface area contributed by atoms with Crippen LogP contribution in [0.25, 0.3) is 10.9 Å². The fourth-order valence-electron chi connectivity index (χ4n) is 3.19. The smallest absolute Gasteiger partial charge is 0.0491 e. The van der Waals surface area contributed by atoms with Gasteiger partial charge in [0.2, 0.25) is 0 Å².